The minimum atomic E-state index is -4.46. The van der Waals surface area contributed by atoms with Crippen LogP contribution in [0.15, 0.2) is 12.5 Å². The molecule has 0 aromatic carbocycles. The summed E-state index contributed by atoms with van der Waals surface area (Å²) in [6.45, 7) is 2.47. The number of hydrogen-bond acceptors (Lipinski definition) is 6. The van der Waals surface area contributed by atoms with Crippen LogP contribution < -0.4 is 10.1 Å². The predicted octanol–water partition coefficient (Wildman–Crippen LogP) is 3.06. The van der Waals surface area contributed by atoms with Crippen molar-refractivity contribution in [2.24, 2.45) is 0 Å². The molecule has 2 heterocycles. The molecule has 0 fully saturated rings. The van der Waals surface area contributed by atoms with Gasteiger partial charge in [0.15, 0.2) is 16.6 Å². The number of nitrogens with zero attached hydrogens (tertiary/aromatic N) is 3. The molecular weight excluding hydrogens is 293 g/mol. The minimum absolute atomic E-state index is 0.274. The van der Waals surface area contributed by atoms with E-state index in [4.69, 9.17) is 4.74 Å². The second-order valence-electron chi connectivity index (χ2n) is 3.66. The molecule has 1 N–H and O–H groups in total. The average Bonchev–Trinajstić information content (AvgIpc) is 2.88. The molecule has 0 radical (unpaired) electrons. The Kier molecular flexibility index (Phi) is 4.07. The number of rotatable bonds is 4. The Labute approximate surface area is 116 Å². The van der Waals surface area contributed by atoms with Crippen molar-refractivity contribution in [1.29, 1.82) is 0 Å². The summed E-state index contributed by atoms with van der Waals surface area (Å²) in [5, 5.41) is 2.04. The third-order valence-corrected chi connectivity index (χ3v) is 3.38. The van der Waals surface area contributed by atoms with Crippen LogP contribution >= 0.6 is 11.3 Å². The summed E-state index contributed by atoms with van der Waals surface area (Å²) in [7, 11) is 1.41. The number of aromatic nitrogens is 3. The van der Waals surface area contributed by atoms with E-state index in [2.05, 4.69) is 20.3 Å². The molecule has 0 bridgehead atoms. The first-order valence-electron chi connectivity index (χ1n) is 5.63. The normalized spacial score (nSPS) is 11.4. The van der Waals surface area contributed by atoms with Crippen molar-refractivity contribution in [3.8, 4) is 16.3 Å². The number of hydrogen-bond donors (Lipinski definition) is 1. The predicted molar refractivity (Wildman–Crippen MR) is 68.9 cm³/mol. The molecule has 0 amide bonds. The van der Waals surface area contributed by atoms with Crippen molar-refractivity contribution in [3.05, 3.63) is 17.5 Å². The maximum atomic E-state index is 12.6. The van der Waals surface area contributed by atoms with Gasteiger partial charge in [-0.2, -0.15) is 13.2 Å². The third kappa shape index (κ3) is 2.82. The lowest BCUT2D eigenvalue weighted by Gasteiger charge is -2.10. The quantitative estimate of drug-likeness (QED) is 0.940. The Morgan fingerprint density at radius 2 is 2.05 bits per heavy atom. The van der Waals surface area contributed by atoms with E-state index in [1.807, 2.05) is 6.92 Å². The van der Waals surface area contributed by atoms with Crippen LogP contribution in [-0.4, -0.2) is 28.6 Å². The summed E-state index contributed by atoms with van der Waals surface area (Å²) < 4.78 is 42.9. The van der Waals surface area contributed by atoms with Gasteiger partial charge in [0.2, 0.25) is 0 Å². The summed E-state index contributed by atoms with van der Waals surface area (Å²) >= 11 is 0.515. The highest BCUT2D eigenvalue weighted by Crippen LogP contribution is 2.39. The molecular formula is C11H11F3N4OS. The van der Waals surface area contributed by atoms with Gasteiger partial charge in [-0.3, -0.25) is 0 Å². The van der Waals surface area contributed by atoms with Gasteiger partial charge in [-0.15, -0.1) is 11.3 Å². The van der Waals surface area contributed by atoms with Gasteiger partial charge in [-0.1, -0.05) is 0 Å². The van der Waals surface area contributed by atoms with Crippen LogP contribution in [-0.2, 0) is 6.18 Å². The van der Waals surface area contributed by atoms with Crippen LogP contribution in [0.3, 0.4) is 0 Å². The van der Waals surface area contributed by atoms with E-state index in [9.17, 15) is 13.2 Å². The van der Waals surface area contributed by atoms with E-state index < -0.39 is 11.2 Å². The summed E-state index contributed by atoms with van der Waals surface area (Å²) in [4.78, 5) is 11.6. The second-order valence-corrected chi connectivity index (χ2v) is 4.69. The summed E-state index contributed by atoms with van der Waals surface area (Å²) in [5.41, 5.74) is 0.284. The van der Waals surface area contributed by atoms with Gasteiger partial charge in [-0.25, -0.2) is 15.0 Å². The van der Waals surface area contributed by atoms with Gasteiger partial charge in [0.25, 0.3) is 0 Å². The maximum Gasteiger partial charge on any atom is 0.443 e. The molecule has 20 heavy (non-hydrogen) atoms. The zero-order valence-corrected chi connectivity index (χ0v) is 11.5. The smallest absolute Gasteiger partial charge is 0.443 e. The van der Waals surface area contributed by atoms with E-state index >= 15 is 0 Å². The van der Waals surface area contributed by atoms with E-state index in [0.29, 0.717) is 29.4 Å². The maximum absolute atomic E-state index is 12.6. The highest BCUT2D eigenvalue weighted by molar-refractivity contribution is 7.15. The fourth-order valence-corrected chi connectivity index (χ4v) is 2.33. The van der Waals surface area contributed by atoms with Gasteiger partial charge in [-0.05, 0) is 6.92 Å². The Bertz CT molecular complexity index is 600. The van der Waals surface area contributed by atoms with Gasteiger partial charge >= 0.3 is 6.18 Å². The van der Waals surface area contributed by atoms with Gasteiger partial charge in [0.1, 0.15) is 12.0 Å². The zero-order valence-electron chi connectivity index (χ0n) is 10.7. The standard InChI is InChI=1S/C11H11F3N4OS/c1-3-15-9-8(19-2)7(17-5-18-9)6-4-16-10(20-6)11(12,13)14/h4-5H,3H2,1-2H3,(H,15,17,18). The lowest BCUT2D eigenvalue weighted by molar-refractivity contribution is -0.137. The number of alkyl halides is 3. The molecule has 0 spiro atoms. The lowest BCUT2D eigenvalue weighted by atomic mass is 10.3. The van der Waals surface area contributed by atoms with E-state index in [1.165, 1.54) is 13.4 Å². The summed E-state index contributed by atoms with van der Waals surface area (Å²) in [6.07, 6.45) is -2.06. The first kappa shape index (κ1) is 14.5. The molecule has 0 aliphatic carbocycles. The molecule has 0 saturated carbocycles. The minimum Gasteiger partial charge on any atom is -0.491 e. The SMILES string of the molecule is CCNc1ncnc(-c2cnc(C(F)(F)F)s2)c1OC. The number of nitrogens with one attached hydrogen (secondary N) is 1. The number of thiazole rings is 1. The van der Waals surface area contributed by atoms with Crippen LogP contribution in [0.25, 0.3) is 10.6 Å². The average molecular weight is 304 g/mol. The number of halogens is 3. The van der Waals surface area contributed by atoms with Crippen LogP contribution in [0.4, 0.5) is 19.0 Å². The number of ether oxygens (including phenoxy) is 1. The molecule has 2 aromatic rings. The molecule has 0 atom stereocenters. The zero-order chi connectivity index (χ0) is 14.8. The Morgan fingerprint density at radius 3 is 2.60 bits per heavy atom. The third-order valence-electron chi connectivity index (χ3n) is 2.33. The van der Waals surface area contributed by atoms with Crippen molar-refractivity contribution in [2.75, 3.05) is 19.0 Å². The van der Waals surface area contributed by atoms with Crippen LogP contribution in [0.2, 0.25) is 0 Å². The molecule has 108 valence electrons. The summed E-state index contributed by atoms with van der Waals surface area (Å²) in [5.74, 6) is 0.730. The van der Waals surface area contributed by atoms with Gasteiger partial charge < -0.3 is 10.1 Å². The topological polar surface area (TPSA) is 59.9 Å². The second kappa shape index (κ2) is 5.61. The highest BCUT2D eigenvalue weighted by Gasteiger charge is 2.35. The van der Waals surface area contributed by atoms with E-state index in [1.54, 1.807) is 0 Å². The first-order chi connectivity index (χ1) is 9.47. The number of anilines is 1. The van der Waals surface area contributed by atoms with Crippen LogP contribution in [0.5, 0.6) is 5.75 Å². The van der Waals surface area contributed by atoms with Crippen molar-refractivity contribution < 1.29 is 17.9 Å². The Morgan fingerprint density at radius 1 is 1.30 bits per heavy atom. The van der Waals surface area contributed by atoms with Gasteiger partial charge in [0, 0.05) is 12.7 Å². The van der Waals surface area contributed by atoms with Crippen molar-refractivity contribution in [3.63, 3.8) is 0 Å². The molecule has 2 aromatic heterocycles. The fraction of sp³-hybridized carbons (Fsp3) is 0.364. The molecule has 0 unspecified atom stereocenters. The van der Waals surface area contributed by atoms with Crippen molar-refractivity contribution in [2.45, 2.75) is 13.1 Å². The molecule has 0 aliphatic rings. The van der Waals surface area contributed by atoms with Crippen LogP contribution in [0.1, 0.15) is 11.9 Å². The Hall–Kier alpha value is -1.90. The molecule has 5 nitrogen and oxygen atoms in total. The van der Waals surface area contributed by atoms with Crippen LogP contribution in [0, 0.1) is 0 Å². The first-order valence-corrected chi connectivity index (χ1v) is 6.45. The van der Waals surface area contributed by atoms with Crippen molar-refractivity contribution >= 4 is 17.2 Å². The molecule has 0 aliphatic heterocycles. The molecule has 9 heteroatoms. The lowest BCUT2D eigenvalue weighted by Crippen LogP contribution is -2.04. The number of methoxy groups -OCH3 is 1. The molecule has 2 rings (SSSR count). The Balaban J connectivity index is 2.47. The largest absolute Gasteiger partial charge is 0.491 e. The van der Waals surface area contributed by atoms with Crippen molar-refractivity contribution in [1.82, 2.24) is 15.0 Å². The summed E-state index contributed by atoms with van der Waals surface area (Å²) in [6, 6.07) is 0. The van der Waals surface area contributed by atoms with E-state index in [0.717, 1.165) is 6.20 Å². The van der Waals surface area contributed by atoms with E-state index in [-0.39, 0.29) is 10.6 Å². The van der Waals surface area contributed by atoms with Gasteiger partial charge in [0.05, 0.1) is 12.0 Å². The highest BCUT2D eigenvalue weighted by atomic mass is 32.1. The fourth-order valence-electron chi connectivity index (χ4n) is 1.55. The molecule has 0 saturated heterocycles. The monoisotopic (exact) mass is 304 g/mol.